The van der Waals surface area contributed by atoms with E-state index in [2.05, 4.69) is 15.5 Å². The first-order valence-corrected chi connectivity index (χ1v) is 8.35. The molecule has 0 aliphatic carbocycles. The van der Waals surface area contributed by atoms with Gasteiger partial charge in [0.1, 0.15) is 11.9 Å². The molecule has 0 saturated carbocycles. The predicted octanol–water partition coefficient (Wildman–Crippen LogP) is 3.79. The molecule has 10 heteroatoms. The minimum Gasteiger partial charge on any atom is -0.307 e. The van der Waals surface area contributed by atoms with Crippen molar-refractivity contribution in [1.82, 2.24) is 19.6 Å². The largest absolute Gasteiger partial charge is 0.435 e. The second kappa shape index (κ2) is 7.45. The maximum absolute atomic E-state index is 13.2. The van der Waals surface area contributed by atoms with Crippen LogP contribution in [0.5, 0.6) is 0 Å². The molecule has 3 rings (SSSR count). The van der Waals surface area contributed by atoms with Crippen molar-refractivity contribution < 1.29 is 22.4 Å². The molecule has 0 spiro atoms. The number of nitrogens with one attached hydrogen (secondary N) is 1. The fraction of sp³-hybridized carbons (Fsp3) is 0.278. The number of hydrogen-bond donors (Lipinski definition) is 1. The molecule has 0 bridgehead atoms. The molecule has 2 aromatic heterocycles. The summed E-state index contributed by atoms with van der Waals surface area (Å²) in [5.74, 6) is -0.690. The van der Waals surface area contributed by atoms with Gasteiger partial charge < -0.3 is 5.32 Å². The Hall–Kier alpha value is -3.17. The van der Waals surface area contributed by atoms with Gasteiger partial charge in [0, 0.05) is 18.0 Å². The molecule has 28 heavy (non-hydrogen) atoms. The van der Waals surface area contributed by atoms with Crippen LogP contribution in [0, 0.1) is 12.7 Å². The third-order valence-corrected chi connectivity index (χ3v) is 4.08. The Labute approximate surface area is 157 Å². The first-order chi connectivity index (χ1) is 13.1. The van der Waals surface area contributed by atoms with Crippen LogP contribution in [-0.4, -0.2) is 25.5 Å². The van der Waals surface area contributed by atoms with Gasteiger partial charge in [-0.3, -0.25) is 14.2 Å². The first kappa shape index (κ1) is 19.6. The number of carbonyl (C=O) groups is 1. The van der Waals surface area contributed by atoms with E-state index in [-0.39, 0.29) is 17.3 Å². The maximum Gasteiger partial charge on any atom is 0.435 e. The molecule has 3 aromatic rings. The number of aromatic nitrogens is 4. The van der Waals surface area contributed by atoms with Crippen LogP contribution in [0.4, 0.5) is 23.4 Å². The zero-order valence-corrected chi connectivity index (χ0v) is 15.0. The van der Waals surface area contributed by atoms with Gasteiger partial charge in [0.25, 0.3) is 0 Å². The second-order valence-electron chi connectivity index (χ2n) is 6.31. The average molecular weight is 395 g/mol. The molecule has 6 nitrogen and oxygen atoms in total. The summed E-state index contributed by atoms with van der Waals surface area (Å²) in [6.07, 6.45) is -2.98. The van der Waals surface area contributed by atoms with Gasteiger partial charge >= 0.3 is 6.18 Å². The number of rotatable bonds is 5. The summed E-state index contributed by atoms with van der Waals surface area (Å²) >= 11 is 0. The molecule has 2 heterocycles. The number of amides is 1. The first-order valence-electron chi connectivity index (χ1n) is 8.35. The highest BCUT2D eigenvalue weighted by molar-refractivity contribution is 5.92. The van der Waals surface area contributed by atoms with Crippen molar-refractivity contribution in [3.63, 3.8) is 0 Å². The number of carbonyl (C=O) groups excluding carboxylic acids is 1. The van der Waals surface area contributed by atoms with E-state index in [0.717, 1.165) is 10.7 Å². The lowest BCUT2D eigenvalue weighted by atomic mass is 10.2. The molecule has 1 aromatic carbocycles. The lowest BCUT2D eigenvalue weighted by molar-refractivity contribution is -0.141. The number of aryl methyl sites for hydroxylation is 1. The van der Waals surface area contributed by atoms with Gasteiger partial charge in [-0.05, 0) is 37.6 Å². The van der Waals surface area contributed by atoms with Crippen LogP contribution in [0.25, 0.3) is 0 Å². The minimum atomic E-state index is -4.58. The predicted molar refractivity (Wildman–Crippen MR) is 93.0 cm³/mol. The van der Waals surface area contributed by atoms with Crippen molar-refractivity contribution in [3.05, 3.63) is 65.4 Å². The molecular weight excluding hydrogens is 378 g/mol. The summed E-state index contributed by atoms with van der Waals surface area (Å²) in [7, 11) is 0. The van der Waals surface area contributed by atoms with Crippen molar-refractivity contribution in [1.29, 1.82) is 0 Å². The van der Waals surface area contributed by atoms with Gasteiger partial charge in [0.2, 0.25) is 5.91 Å². The second-order valence-corrected chi connectivity index (χ2v) is 6.31. The monoisotopic (exact) mass is 395 g/mol. The third-order valence-electron chi connectivity index (χ3n) is 4.08. The molecule has 1 atom stereocenters. The van der Waals surface area contributed by atoms with Crippen LogP contribution in [0.1, 0.15) is 29.9 Å². The lowest BCUT2D eigenvalue weighted by Gasteiger charge is -2.13. The molecule has 1 unspecified atom stereocenters. The number of benzene rings is 1. The maximum atomic E-state index is 13.2. The van der Waals surface area contributed by atoms with E-state index in [0.29, 0.717) is 12.1 Å². The molecule has 1 N–H and O–H groups in total. The third kappa shape index (κ3) is 4.38. The van der Waals surface area contributed by atoms with Gasteiger partial charge in [-0.15, -0.1) is 0 Å². The van der Waals surface area contributed by atoms with Gasteiger partial charge in [0.05, 0.1) is 6.54 Å². The number of alkyl halides is 3. The Morgan fingerprint density at radius 2 is 1.96 bits per heavy atom. The smallest absolute Gasteiger partial charge is 0.307 e. The fourth-order valence-electron chi connectivity index (χ4n) is 2.70. The minimum absolute atomic E-state index is 0.214. The van der Waals surface area contributed by atoms with Crippen LogP contribution < -0.4 is 5.32 Å². The van der Waals surface area contributed by atoms with E-state index in [9.17, 15) is 22.4 Å². The summed E-state index contributed by atoms with van der Waals surface area (Å²) in [5, 5.41) is 10.2. The van der Waals surface area contributed by atoms with E-state index < -0.39 is 23.8 Å². The Balaban J connectivity index is 1.68. The number of nitrogens with zero attached hydrogens (tertiary/aromatic N) is 4. The Morgan fingerprint density at radius 3 is 2.61 bits per heavy atom. The molecule has 0 fully saturated rings. The molecule has 0 aliphatic heterocycles. The molecule has 148 valence electrons. The van der Waals surface area contributed by atoms with Crippen molar-refractivity contribution in [2.24, 2.45) is 0 Å². The quantitative estimate of drug-likeness (QED) is 0.669. The van der Waals surface area contributed by atoms with Crippen LogP contribution in [0.3, 0.4) is 0 Å². The summed E-state index contributed by atoms with van der Waals surface area (Å²) in [5.41, 5.74) is -0.142. The molecule has 0 radical (unpaired) electrons. The highest BCUT2D eigenvalue weighted by atomic mass is 19.4. The van der Waals surface area contributed by atoms with Crippen LogP contribution in [-0.2, 0) is 17.5 Å². The topological polar surface area (TPSA) is 64.7 Å². The van der Waals surface area contributed by atoms with Crippen molar-refractivity contribution in [2.75, 3.05) is 5.32 Å². The summed E-state index contributed by atoms with van der Waals surface area (Å²) in [6, 6.07) is 7.49. The zero-order chi connectivity index (χ0) is 20.5. The fourth-order valence-corrected chi connectivity index (χ4v) is 2.70. The summed E-state index contributed by atoms with van der Waals surface area (Å²) in [6.45, 7) is 3.19. The summed E-state index contributed by atoms with van der Waals surface area (Å²) < 4.78 is 54.1. The number of anilines is 1. The van der Waals surface area contributed by atoms with Gasteiger partial charge in [-0.2, -0.15) is 23.4 Å². The highest BCUT2D eigenvalue weighted by Crippen LogP contribution is 2.29. The lowest BCUT2D eigenvalue weighted by Crippen LogP contribution is -2.26. The highest BCUT2D eigenvalue weighted by Gasteiger charge is 2.35. The van der Waals surface area contributed by atoms with E-state index in [4.69, 9.17) is 0 Å². The SMILES string of the molecule is Cc1cc(C(F)(F)F)nn1C(C)C(=O)Nc1ccn(Cc2cccc(F)c2)n1. The zero-order valence-electron chi connectivity index (χ0n) is 15.0. The van der Waals surface area contributed by atoms with E-state index in [1.165, 1.54) is 30.7 Å². The van der Waals surface area contributed by atoms with Crippen molar-refractivity contribution in [2.45, 2.75) is 32.6 Å². The summed E-state index contributed by atoms with van der Waals surface area (Å²) in [4.78, 5) is 12.4. The van der Waals surface area contributed by atoms with Crippen molar-refractivity contribution >= 4 is 11.7 Å². The number of halogens is 4. The van der Waals surface area contributed by atoms with Gasteiger partial charge in [-0.25, -0.2) is 4.39 Å². The van der Waals surface area contributed by atoms with Gasteiger partial charge in [0.15, 0.2) is 11.5 Å². The van der Waals surface area contributed by atoms with Crippen LogP contribution in [0.15, 0.2) is 42.6 Å². The average Bonchev–Trinajstić information content (AvgIpc) is 3.20. The van der Waals surface area contributed by atoms with E-state index in [1.807, 2.05) is 0 Å². The number of hydrogen-bond acceptors (Lipinski definition) is 3. The van der Waals surface area contributed by atoms with Crippen molar-refractivity contribution in [3.8, 4) is 0 Å². The van der Waals surface area contributed by atoms with Crippen LogP contribution >= 0.6 is 0 Å². The van der Waals surface area contributed by atoms with E-state index in [1.54, 1.807) is 24.4 Å². The molecule has 0 saturated heterocycles. The Bertz CT molecular complexity index is 992. The van der Waals surface area contributed by atoms with Crippen LogP contribution in [0.2, 0.25) is 0 Å². The Kier molecular flexibility index (Phi) is 5.21. The molecule has 1 amide bonds. The van der Waals surface area contributed by atoms with Gasteiger partial charge in [-0.1, -0.05) is 12.1 Å². The molecular formula is C18H17F4N5O. The standard InChI is InChI=1S/C18H17F4N5O/c1-11-8-15(18(20,21)22)24-27(11)12(2)17(28)23-16-6-7-26(25-16)10-13-4-3-5-14(19)9-13/h3-9,12H,10H2,1-2H3,(H,23,25,28). The molecule has 0 aliphatic rings. The Morgan fingerprint density at radius 1 is 1.21 bits per heavy atom. The normalized spacial score (nSPS) is 12.8. The van der Waals surface area contributed by atoms with E-state index >= 15 is 0 Å².